The molecule has 1 saturated heterocycles. The second-order valence-corrected chi connectivity index (χ2v) is 5.41. The number of aliphatic hydroxyl groups is 1. The third-order valence-electron chi connectivity index (χ3n) is 3.85. The highest BCUT2D eigenvalue weighted by molar-refractivity contribution is 5.38. The summed E-state index contributed by atoms with van der Waals surface area (Å²) in [7, 11) is 2.06. The Morgan fingerprint density at radius 1 is 1.22 bits per heavy atom. The third kappa shape index (κ3) is 2.74. The Morgan fingerprint density at radius 2 is 1.89 bits per heavy atom. The van der Waals surface area contributed by atoms with Gasteiger partial charge in [-0.3, -0.25) is 0 Å². The van der Waals surface area contributed by atoms with Gasteiger partial charge >= 0.3 is 0 Å². The van der Waals surface area contributed by atoms with E-state index in [1.54, 1.807) is 0 Å². The molecule has 2 unspecified atom stereocenters. The Balaban J connectivity index is 2.22. The molecule has 0 amide bonds. The first-order valence-corrected chi connectivity index (χ1v) is 6.55. The molecule has 100 valence electrons. The number of aryl methyl sites for hydroxylation is 3. The normalized spacial score (nSPS) is 23.1. The first-order valence-electron chi connectivity index (χ1n) is 6.55. The zero-order chi connectivity index (χ0) is 13.3. The van der Waals surface area contributed by atoms with Gasteiger partial charge in [0.15, 0.2) is 0 Å². The van der Waals surface area contributed by atoms with Crippen molar-refractivity contribution in [2.45, 2.75) is 33.0 Å². The highest BCUT2D eigenvalue weighted by Gasteiger charge is 2.27. The number of nitrogens with zero attached hydrogens (tertiary/aromatic N) is 1. The van der Waals surface area contributed by atoms with Crippen LogP contribution in [0.4, 0.5) is 0 Å². The summed E-state index contributed by atoms with van der Waals surface area (Å²) in [5, 5.41) is 10.5. The molecule has 0 bridgehead atoms. The molecule has 1 aromatic rings. The van der Waals surface area contributed by atoms with Crippen LogP contribution < -0.4 is 0 Å². The predicted octanol–water partition coefficient (Wildman–Crippen LogP) is 1.98. The molecule has 1 aliphatic rings. The molecule has 1 fully saturated rings. The lowest BCUT2D eigenvalue weighted by Gasteiger charge is -2.33. The van der Waals surface area contributed by atoms with Gasteiger partial charge in [0.25, 0.3) is 0 Å². The Hall–Kier alpha value is -0.900. The fourth-order valence-electron chi connectivity index (χ4n) is 2.50. The van der Waals surface area contributed by atoms with E-state index < -0.39 is 6.10 Å². The molecular weight excluding hydrogens is 226 g/mol. The monoisotopic (exact) mass is 249 g/mol. The Bertz CT molecular complexity index is 431. The van der Waals surface area contributed by atoms with Gasteiger partial charge in [0, 0.05) is 13.1 Å². The van der Waals surface area contributed by atoms with Crippen molar-refractivity contribution in [2.75, 3.05) is 26.7 Å². The van der Waals surface area contributed by atoms with E-state index in [0.717, 1.165) is 24.2 Å². The van der Waals surface area contributed by atoms with E-state index in [-0.39, 0.29) is 6.10 Å². The van der Waals surface area contributed by atoms with Crippen LogP contribution in [0.15, 0.2) is 12.1 Å². The Morgan fingerprint density at radius 3 is 2.56 bits per heavy atom. The van der Waals surface area contributed by atoms with Gasteiger partial charge in [-0.2, -0.15) is 0 Å². The molecule has 0 saturated carbocycles. The smallest absolute Gasteiger partial charge is 0.107 e. The molecule has 0 aromatic heterocycles. The lowest BCUT2D eigenvalue weighted by Crippen LogP contribution is -2.43. The summed E-state index contributed by atoms with van der Waals surface area (Å²) in [6.07, 6.45) is -0.656. The van der Waals surface area contributed by atoms with Crippen molar-refractivity contribution >= 4 is 0 Å². The molecular formula is C15H23NO2. The molecule has 2 atom stereocenters. The maximum Gasteiger partial charge on any atom is 0.107 e. The van der Waals surface area contributed by atoms with Crippen molar-refractivity contribution in [3.63, 3.8) is 0 Å². The van der Waals surface area contributed by atoms with E-state index in [2.05, 4.69) is 44.9 Å². The molecule has 1 heterocycles. The summed E-state index contributed by atoms with van der Waals surface area (Å²) < 4.78 is 5.70. The minimum atomic E-state index is -0.535. The van der Waals surface area contributed by atoms with Crippen molar-refractivity contribution < 1.29 is 9.84 Å². The molecule has 3 nitrogen and oxygen atoms in total. The minimum Gasteiger partial charge on any atom is -0.386 e. The second-order valence-electron chi connectivity index (χ2n) is 5.41. The molecule has 2 rings (SSSR count). The van der Waals surface area contributed by atoms with Crippen LogP contribution in [0, 0.1) is 20.8 Å². The largest absolute Gasteiger partial charge is 0.386 e. The number of morpholine rings is 1. The Kier molecular flexibility index (Phi) is 4.05. The fourth-order valence-corrected chi connectivity index (χ4v) is 2.50. The van der Waals surface area contributed by atoms with Crippen molar-refractivity contribution in [1.29, 1.82) is 0 Å². The lowest BCUT2D eigenvalue weighted by molar-refractivity contribution is -0.0846. The molecule has 1 aromatic carbocycles. The number of aliphatic hydroxyl groups excluding tert-OH is 1. The molecule has 1 N–H and O–H groups in total. The van der Waals surface area contributed by atoms with Crippen LogP contribution >= 0.6 is 0 Å². The summed E-state index contributed by atoms with van der Waals surface area (Å²) in [6.45, 7) is 8.66. The fraction of sp³-hybridized carbons (Fsp3) is 0.600. The molecule has 0 radical (unpaired) electrons. The van der Waals surface area contributed by atoms with E-state index in [0.29, 0.717) is 6.61 Å². The van der Waals surface area contributed by atoms with Gasteiger partial charge in [0.1, 0.15) is 12.2 Å². The van der Waals surface area contributed by atoms with E-state index >= 15 is 0 Å². The zero-order valence-electron chi connectivity index (χ0n) is 11.7. The van der Waals surface area contributed by atoms with E-state index in [9.17, 15) is 5.11 Å². The molecule has 0 aliphatic carbocycles. The highest BCUT2D eigenvalue weighted by Crippen LogP contribution is 2.27. The summed E-state index contributed by atoms with van der Waals surface area (Å²) in [6, 6.07) is 4.23. The maximum atomic E-state index is 10.5. The van der Waals surface area contributed by atoms with Gasteiger partial charge in [-0.15, -0.1) is 0 Å². The maximum absolute atomic E-state index is 10.5. The molecule has 18 heavy (non-hydrogen) atoms. The number of hydrogen-bond donors (Lipinski definition) is 1. The number of hydrogen-bond acceptors (Lipinski definition) is 3. The van der Waals surface area contributed by atoms with E-state index in [1.165, 1.54) is 11.1 Å². The lowest BCUT2D eigenvalue weighted by atomic mass is 9.94. The van der Waals surface area contributed by atoms with E-state index in [4.69, 9.17) is 4.74 Å². The van der Waals surface area contributed by atoms with Crippen molar-refractivity contribution in [3.8, 4) is 0 Å². The zero-order valence-corrected chi connectivity index (χ0v) is 11.7. The van der Waals surface area contributed by atoms with Gasteiger partial charge in [0.2, 0.25) is 0 Å². The summed E-state index contributed by atoms with van der Waals surface area (Å²) >= 11 is 0. The summed E-state index contributed by atoms with van der Waals surface area (Å²) in [5.41, 5.74) is 4.63. The standard InChI is InChI=1S/C15H23NO2/c1-10-7-12(3)13(8-11(10)2)15(17)14-9-16(4)5-6-18-14/h7-8,14-15,17H,5-6,9H2,1-4H3. The molecule has 1 aliphatic heterocycles. The third-order valence-corrected chi connectivity index (χ3v) is 3.85. The van der Waals surface area contributed by atoms with Crippen molar-refractivity contribution in [2.24, 2.45) is 0 Å². The quantitative estimate of drug-likeness (QED) is 0.870. The average Bonchev–Trinajstić information content (AvgIpc) is 2.33. The van der Waals surface area contributed by atoms with Crippen LogP contribution in [0.1, 0.15) is 28.4 Å². The second kappa shape index (κ2) is 5.39. The number of ether oxygens (including phenoxy) is 1. The molecule has 0 spiro atoms. The topological polar surface area (TPSA) is 32.7 Å². The van der Waals surface area contributed by atoms with Crippen molar-refractivity contribution in [1.82, 2.24) is 4.90 Å². The van der Waals surface area contributed by atoms with Crippen LogP contribution in [0.3, 0.4) is 0 Å². The minimum absolute atomic E-state index is 0.121. The van der Waals surface area contributed by atoms with Crippen LogP contribution in [-0.2, 0) is 4.74 Å². The predicted molar refractivity (Wildman–Crippen MR) is 72.8 cm³/mol. The van der Waals surface area contributed by atoms with Gasteiger partial charge < -0.3 is 14.7 Å². The SMILES string of the molecule is Cc1cc(C)c(C(O)C2CN(C)CCO2)cc1C. The highest BCUT2D eigenvalue weighted by atomic mass is 16.5. The van der Waals surface area contributed by atoms with Gasteiger partial charge in [-0.25, -0.2) is 0 Å². The van der Waals surface area contributed by atoms with E-state index in [1.807, 2.05) is 0 Å². The van der Waals surface area contributed by atoms with Crippen LogP contribution in [0.25, 0.3) is 0 Å². The summed E-state index contributed by atoms with van der Waals surface area (Å²) in [4.78, 5) is 2.20. The first-order chi connectivity index (χ1) is 8.49. The Labute approximate surface area is 109 Å². The molecule has 3 heteroatoms. The van der Waals surface area contributed by atoms with Crippen molar-refractivity contribution in [3.05, 3.63) is 34.4 Å². The average molecular weight is 249 g/mol. The van der Waals surface area contributed by atoms with Gasteiger partial charge in [0.05, 0.1) is 6.61 Å². The number of benzene rings is 1. The van der Waals surface area contributed by atoms with Crippen LogP contribution in [0.2, 0.25) is 0 Å². The van der Waals surface area contributed by atoms with Crippen LogP contribution in [-0.4, -0.2) is 42.9 Å². The van der Waals surface area contributed by atoms with Crippen LogP contribution in [0.5, 0.6) is 0 Å². The summed E-state index contributed by atoms with van der Waals surface area (Å²) in [5.74, 6) is 0. The van der Waals surface area contributed by atoms with Gasteiger partial charge in [-0.1, -0.05) is 12.1 Å². The first kappa shape index (κ1) is 13.5. The number of likely N-dealkylation sites (N-methyl/N-ethyl adjacent to an activating group) is 1. The van der Waals surface area contributed by atoms with Gasteiger partial charge in [-0.05, 0) is 50.1 Å². The number of rotatable bonds is 2.